The fraction of sp³-hybridized carbons (Fsp3) is 0.538. The molecule has 0 N–H and O–H groups in total. The second-order valence-corrected chi connectivity index (χ2v) is 5.94. The average Bonchev–Trinajstić information content (AvgIpc) is 2.33. The van der Waals surface area contributed by atoms with E-state index in [0.717, 1.165) is 24.7 Å². The van der Waals surface area contributed by atoms with E-state index in [2.05, 4.69) is 28.1 Å². The van der Waals surface area contributed by atoms with Crippen LogP contribution in [-0.4, -0.2) is 18.0 Å². The molecule has 0 spiro atoms. The highest BCUT2D eigenvalue weighted by molar-refractivity contribution is 9.09. The average molecular weight is 304 g/mol. The Morgan fingerprint density at radius 1 is 1.38 bits per heavy atom. The van der Waals surface area contributed by atoms with Gasteiger partial charge in [0.1, 0.15) is 0 Å². The maximum atomic E-state index is 5.87. The topological polar surface area (TPSA) is 9.23 Å². The van der Waals surface area contributed by atoms with Gasteiger partial charge in [-0.25, -0.2) is 0 Å². The van der Waals surface area contributed by atoms with Crippen molar-refractivity contribution in [2.24, 2.45) is 5.92 Å². The summed E-state index contributed by atoms with van der Waals surface area (Å²) < 4.78 is 5.51. The van der Waals surface area contributed by atoms with Gasteiger partial charge >= 0.3 is 0 Å². The van der Waals surface area contributed by atoms with Crippen molar-refractivity contribution in [2.75, 3.05) is 13.2 Å². The number of alkyl halides is 1. The Morgan fingerprint density at radius 2 is 2.12 bits per heavy atom. The SMILES string of the molecule is Clc1ccc(CC(Br)C2CCCOC2)cc1. The van der Waals surface area contributed by atoms with Crippen LogP contribution in [0.5, 0.6) is 0 Å². The maximum absolute atomic E-state index is 5.87. The minimum Gasteiger partial charge on any atom is -0.381 e. The Labute approximate surface area is 110 Å². The van der Waals surface area contributed by atoms with Crippen molar-refractivity contribution in [3.05, 3.63) is 34.9 Å². The summed E-state index contributed by atoms with van der Waals surface area (Å²) in [7, 11) is 0. The van der Waals surface area contributed by atoms with Gasteiger partial charge < -0.3 is 4.74 Å². The smallest absolute Gasteiger partial charge is 0.0505 e. The van der Waals surface area contributed by atoms with Gasteiger partial charge in [0.25, 0.3) is 0 Å². The lowest BCUT2D eigenvalue weighted by molar-refractivity contribution is 0.0547. The largest absolute Gasteiger partial charge is 0.381 e. The molecule has 1 fully saturated rings. The zero-order valence-electron chi connectivity index (χ0n) is 9.16. The molecule has 0 radical (unpaired) electrons. The van der Waals surface area contributed by atoms with E-state index in [-0.39, 0.29) is 0 Å². The second kappa shape index (κ2) is 6.04. The standard InChI is InChI=1S/C13H16BrClO/c14-13(11-2-1-7-16-9-11)8-10-3-5-12(15)6-4-10/h3-6,11,13H,1-2,7-9H2. The van der Waals surface area contributed by atoms with Gasteiger partial charge in [0.2, 0.25) is 0 Å². The molecule has 0 saturated carbocycles. The Kier molecular flexibility index (Phi) is 4.68. The molecule has 1 nitrogen and oxygen atoms in total. The molecular formula is C13H16BrClO. The summed E-state index contributed by atoms with van der Waals surface area (Å²) in [5.41, 5.74) is 1.33. The lowest BCUT2D eigenvalue weighted by Gasteiger charge is -2.26. The fourth-order valence-electron chi connectivity index (χ4n) is 2.06. The zero-order chi connectivity index (χ0) is 11.4. The van der Waals surface area contributed by atoms with Crippen LogP contribution in [0.4, 0.5) is 0 Å². The minimum absolute atomic E-state index is 0.508. The van der Waals surface area contributed by atoms with E-state index < -0.39 is 0 Å². The second-order valence-electron chi connectivity index (χ2n) is 4.32. The molecule has 88 valence electrons. The van der Waals surface area contributed by atoms with E-state index in [1.165, 1.54) is 18.4 Å². The van der Waals surface area contributed by atoms with Gasteiger partial charge in [-0.05, 0) is 42.9 Å². The zero-order valence-corrected chi connectivity index (χ0v) is 11.5. The summed E-state index contributed by atoms with van der Waals surface area (Å²) in [6, 6.07) is 8.10. The molecule has 3 heteroatoms. The predicted octanol–water partition coefficient (Wildman–Crippen LogP) is 4.07. The molecule has 2 unspecified atom stereocenters. The highest BCUT2D eigenvalue weighted by Gasteiger charge is 2.21. The lowest BCUT2D eigenvalue weighted by Crippen LogP contribution is -2.26. The monoisotopic (exact) mass is 302 g/mol. The summed E-state index contributed by atoms with van der Waals surface area (Å²) in [5, 5.41) is 0.802. The molecule has 2 rings (SSSR count). The van der Waals surface area contributed by atoms with Gasteiger partial charge in [0.15, 0.2) is 0 Å². The summed E-state index contributed by atoms with van der Waals surface area (Å²) >= 11 is 9.65. The number of rotatable bonds is 3. The molecule has 1 aliphatic heterocycles. The third-order valence-electron chi connectivity index (χ3n) is 3.05. The van der Waals surface area contributed by atoms with Crippen molar-refractivity contribution < 1.29 is 4.74 Å². The molecule has 16 heavy (non-hydrogen) atoms. The Hall–Kier alpha value is -0.0500. The normalized spacial score (nSPS) is 23.0. The molecule has 1 heterocycles. The third kappa shape index (κ3) is 3.47. The fourth-order valence-corrected chi connectivity index (χ4v) is 2.98. The van der Waals surface area contributed by atoms with Gasteiger partial charge in [-0.2, -0.15) is 0 Å². The van der Waals surface area contributed by atoms with E-state index in [9.17, 15) is 0 Å². The van der Waals surface area contributed by atoms with Crippen molar-refractivity contribution in [2.45, 2.75) is 24.1 Å². The molecular weight excluding hydrogens is 287 g/mol. The lowest BCUT2D eigenvalue weighted by atomic mass is 9.94. The van der Waals surface area contributed by atoms with Gasteiger partial charge in [0, 0.05) is 16.5 Å². The molecule has 1 aromatic carbocycles. The van der Waals surface area contributed by atoms with Gasteiger partial charge in [-0.15, -0.1) is 0 Å². The first-order valence-electron chi connectivity index (χ1n) is 5.72. The van der Waals surface area contributed by atoms with Crippen LogP contribution in [0.3, 0.4) is 0 Å². The number of hydrogen-bond acceptors (Lipinski definition) is 1. The highest BCUT2D eigenvalue weighted by Crippen LogP contribution is 2.26. The van der Waals surface area contributed by atoms with Crippen LogP contribution < -0.4 is 0 Å². The molecule has 0 amide bonds. The molecule has 0 aromatic heterocycles. The Morgan fingerprint density at radius 3 is 2.75 bits per heavy atom. The Bertz CT molecular complexity index is 319. The van der Waals surface area contributed by atoms with Gasteiger partial charge in [-0.1, -0.05) is 39.7 Å². The van der Waals surface area contributed by atoms with Crippen LogP contribution in [-0.2, 0) is 11.2 Å². The van der Waals surface area contributed by atoms with E-state index in [4.69, 9.17) is 16.3 Å². The van der Waals surface area contributed by atoms with E-state index in [0.29, 0.717) is 10.7 Å². The summed E-state index contributed by atoms with van der Waals surface area (Å²) in [4.78, 5) is 0.508. The Balaban J connectivity index is 1.90. The van der Waals surface area contributed by atoms with Crippen molar-refractivity contribution in [1.29, 1.82) is 0 Å². The van der Waals surface area contributed by atoms with Crippen LogP contribution in [0.1, 0.15) is 18.4 Å². The summed E-state index contributed by atoms with van der Waals surface area (Å²) in [6.45, 7) is 1.82. The number of ether oxygens (including phenoxy) is 1. The van der Waals surface area contributed by atoms with Crippen LogP contribution in [0.15, 0.2) is 24.3 Å². The molecule has 1 saturated heterocycles. The predicted molar refractivity (Wildman–Crippen MR) is 71.4 cm³/mol. The molecule has 2 atom stereocenters. The van der Waals surface area contributed by atoms with Gasteiger partial charge in [0.05, 0.1) is 6.61 Å². The quantitative estimate of drug-likeness (QED) is 0.765. The van der Waals surface area contributed by atoms with Crippen molar-refractivity contribution in [3.8, 4) is 0 Å². The van der Waals surface area contributed by atoms with Crippen LogP contribution in [0.2, 0.25) is 5.02 Å². The maximum Gasteiger partial charge on any atom is 0.0505 e. The van der Waals surface area contributed by atoms with Crippen LogP contribution in [0, 0.1) is 5.92 Å². The minimum atomic E-state index is 0.508. The van der Waals surface area contributed by atoms with E-state index in [1.807, 2.05) is 12.1 Å². The molecule has 0 aliphatic carbocycles. The first kappa shape index (κ1) is 12.4. The van der Waals surface area contributed by atoms with Crippen molar-refractivity contribution in [3.63, 3.8) is 0 Å². The first-order valence-corrected chi connectivity index (χ1v) is 7.01. The molecule has 1 aliphatic rings. The first-order chi connectivity index (χ1) is 7.75. The van der Waals surface area contributed by atoms with Crippen molar-refractivity contribution in [1.82, 2.24) is 0 Å². The number of hydrogen-bond donors (Lipinski definition) is 0. The van der Waals surface area contributed by atoms with E-state index in [1.54, 1.807) is 0 Å². The summed E-state index contributed by atoms with van der Waals surface area (Å²) in [5.74, 6) is 0.643. The molecule has 1 aromatic rings. The van der Waals surface area contributed by atoms with Crippen LogP contribution in [0.25, 0.3) is 0 Å². The summed E-state index contributed by atoms with van der Waals surface area (Å²) in [6.07, 6.45) is 3.50. The van der Waals surface area contributed by atoms with Crippen molar-refractivity contribution >= 4 is 27.5 Å². The third-order valence-corrected chi connectivity index (χ3v) is 4.37. The van der Waals surface area contributed by atoms with Gasteiger partial charge in [-0.3, -0.25) is 0 Å². The van der Waals surface area contributed by atoms with Crippen LogP contribution >= 0.6 is 27.5 Å². The highest BCUT2D eigenvalue weighted by atomic mass is 79.9. The number of benzene rings is 1. The molecule has 0 bridgehead atoms. The van der Waals surface area contributed by atoms with E-state index >= 15 is 0 Å². The number of halogens is 2.